The number of aromatic carboxylic acids is 1. The predicted octanol–water partition coefficient (Wildman–Crippen LogP) is 3.02. The molecule has 0 radical (unpaired) electrons. The monoisotopic (exact) mass is 265 g/mol. The number of rotatable bonds is 2. The molecule has 0 atom stereocenters. The summed E-state index contributed by atoms with van der Waals surface area (Å²) >= 11 is 11.8. The Morgan fingerprint density at radius 3 is 2.18 bits per heavy atom. The van der Waals surface area contributed by atoms with Gasteiger partial charge in [0.25, 0.3) is 0 Å². The van der Waals surface area contributed by atoms with E-state index in [9.17, 15) is 9.90 Å². The summed E-state index contributed by atoms with van der Waals surface area (Å²) in [4.78, 5) is 10.8. The third-order valence-electron chi connectivity index (χ3n) is 2.29. The lowest BCUT2D eigenvalue weighted by atomic mass is 10.0. The van der Waals surface area contributed by atoms with Crippen LogP contribution in [-0.4, -0.2) is 5.97 Å². The van der Waals surface area contributed by atoms with Crippen LogP contribution in [0, 0.1) is 0 Å². The Bertz CT molecular complexity index is 559. The van der Waals surface area contributed by atoms with Crippen LogP contribution in [0.4, 0.5) is 0 Å². The molecule has 0 N–H and O–H groups in total. The SMILES string of the molecule is O=C([O-])c1cccc(-c2cc(Cl)cc(Cl)c2)c1. The fourth-order valence-electron chi connectivity index (χ4n) is 1.55. The van der Waals surface area contributed by atoms with E-state index in [4.69, 9.17) is 23.2 Å². The van der Waals surface area contributed by atoms with Gasteiger partial charge >= 0.3 is 0 Å². The van der Waals surface area contributed by atoms with E-state index in [0.29, 0.717) is 10.0 Å². The molecule has 0 unspecified atom stereocenters. The summed E-state index contributed by atoms with van der Waals surface area (Å²) < 4.78 is 0. The van der Waals surface area contributed by atoms with Crippen molar-refractivity contribution >= 4 is 29.2 Å². The van der Waals surface area contributed by atoms with Gasteiger partial charge in [-0.2, -0.15) is 0 Å². The van der Waals surface area contributed by atoms with Crippen molar-refractivity contribution in [1.29, 1.82) is 0 Å². The van der Waals surface area contributed by atoms with Gasteiger partial charge in [-0.05, 0) is 41.0 Å². The van der Waals surface area contributed by atoms with Crippen molar-refractivity contribution in [2.24, 2.45) is 0 Å². The number of hydrogen-bond acceptors (Lipinski definition) is 2. The van der Waals surface area contributed by atoms with Crippen LogP contribution in [0.5, 0.6) is 0 Å². The molecule has 0 fully saturated rings. The van der Waals surface area contributed by atoms with E-state index < -0.39 is 5.97 Å². The van der Waals surface area contributed by atoms with Gasteiger partial charge in [-0.25, -0.2) is 0 Å². The predicted molar refractivity (Wildman–Crippen MR) is 66.2 cm³/mol. The summed E-state index contributed by atoms with van der Waals surface area (Å²) in [5.41, 5.74) is 1.63. The van der Waals surface area contributed by atoms with E-state index in [1.54, 1.807) is 30.3 Å². The van der Waals surface area contributed by atoms with Crippen LogP contribution in [0.2, 0.25) is 10.0 Å². The normalized spacial score (nSPS) is 10.2. The van der Waals surface area contributed by atoms with E-state index in [0.717, 1.165) is 11.1 Å². The molecular weight excluding hydrogens is 259 g/mol. The van der Waals surface area contributed by atoms with E-state index in [2.05, 4.69) is 0 Å². The van der Waals surface area contributed by atoms with Crippen molar-refractivity contribution in [1.82, 2.24) is 0 Å². The molecule has 0 saturated carbocycles. The summed E-state index contributed by atoms with van der Waals surface area (Å²) in [6.45, 7) is 0. The van der Waals surface area contributed by atoms with Crippen LogP contribution in [0.25, 0.3) is 11.1 Å². The molecule has 0 aliphatic heterocycles. The molecule has 0 heterocycles. The van der Waals surface area contributed by atoms with E-state index >= 15 is 0 Å². The van der Waals surface area contributed by atoms with Crippen molar-refractivity contribution in [2.45, 2.75) is 0 Å². The standard InChI is InChI=1S/C13H8Cl2O2/c14-11-5-10(6-12(15)7-11)8-2-1-3-9(4-8)13(16)17/h1-7H,(H,16,17)/p-1. The van der Waals surface area contributed by atoms with Crippen molar-refractivity contribution < 1.29 is 9.90 Å². The lowest BCUT2D eigenvalue weighted by Gasteiger charge is -2.07. The molecule has 4 heteroatoms. The number of carboxylic acid groups (broad SMARTS) is 1. The highest BCUT2D eigenvalue weighted by Crippen LogP contribution is 2.27. The second kappa shape index (κ2) is 4.78. The maximum absolute atomic E-state index is 10.8. The Morgan fingerprint density at radius 1 is 0.941 bits per heavy atom. The fourth-order valence-corrected chi connectivity index (χ4v) is 2.07. The molecule has 86 valence electrons. The van der Waals surface area contributed by atoms with Crippen LogP contribution in [0.3, 0.4) is 0 Å². The van der Waals surface area contributed by atoms with E-state index in [1.807, 2.05) is 0 Å². The Balaban J connectivity index is 2.52. The second-order valence-electron chi connectivity index (χ2n) is 3.53. The van der Waals surface area contributed by atoms with Gasteiger partial charge in [-0.15, -0.1) is 0 Å². The van der Waals surface area contributed by atoms with Gasteiger partial charge in [0.15, 0.2) is 0 Å². The molecule has 0 aliphatic carbocycles. The topological polar surface area (TPSA) is 40.1 Å². The second-order valence-corrected chi connectivity index (χ2v) is 4.40. The summed E-state index contributed by atoms with van der Waals surface area (Å²) in [6.07, 6.45) is 0. The van der Waals surface area contributed by atoms with Gasteiger partial charge in [0.05, 0.1) is 5.97 Å². The zero-order chi connectivity index (χ0) is 12.4. The Kier molecular flexibility index (Phi) is 3.36. The molecule has 0 saturated heterocycles. The first-order valence-corrected chi connectivity index (χ1v) is 5.60. The summed E-state index contributed by atoms with van der Waals surface area (Å²) in [5.74, 6) is -1.21. The van der Waals surface area contributed by atoms with Gasteiger partial charge < -0.3 is 9.90 Å². The van der Waals surface area contributed by atoms with Crippen LogP contribution in [0.1, 0.15) is 10.4 Å². The highest BCUT2D eigenvalue weighted by atomic mass is 35.5. The number of halogens is 2. The molecule has 2 nitrogen and oxygen atoms in total. The van der Waals surface area contributed by atoms with Gasteiger partial charge in [0.1, 0.15) is 0 Å². The van der Waals surface area contributed by atoms with E-state index in [-0.39, 0.29) is 5.56 Å². The zero-order valence-corrected chi connectivity index (χ0v) is 10.1. The Hall–Kier alpha value is -1.51. The summed E-state index contributed by atoms with van der Waals surface area (Å²) in [5, 5.41) is 11.8. The summed E-state index contributed by atoms with van der Waals surface area (Å²) in [6, 6.07) is 11.5. The number of benzene rings is 2. The number of carboxylic acids is 1. The van der Waals surface area contributed by atoms with Gasteiger partial charge in [0, 0.05) is 10.0 Å². The molecule has 0 bridgehead atoms. The molecule has 0 amide bonds. The molecule has 2 aromatic carbocycles. The van der Waals surface area contributed by atoms with Crippen molar-refractivity contribution in [3.63, 3.8) is 0 Å². The molecule has 0 aliphatic rings. The van der Waals surface area contributed by atoms with Crippen molar-refractivity contribution in [3.05, 3.63) is 58.1 Å². The highest BCUT2D eigenvalue weighted by molar-refractivity contribution is 6.35. The molecule has 17 heavy (non-hydrogen) atoms. The van der Waals surface area contributed by atoms with Crippen LogP contribution in [0.15, 0.2) is 42.5 Å². The molecule has 2 rings (SSSR count). The van der Waals surface area contributed by atoms with Crippen LogP contribution in [-0.2, 0) is 0 Å². The van der Waals surface area contributed by atoms with Crippen molar-refractivity contribution in [3.8, 4) is 11.1 Å². The molecule has 0 aromatic heterocycles. The number of hydrogen-bond donors (Lipinski definition) is 0. The van der Waals surface area contributed by atoms with E-state index in [1.165, 1.54) is 12.1 Å². The largest absolute Gasteiger partial charge is 0.545 e. The smallest absolute Gasteiger partial charge is 0.0715 e. The lowest BCUT2D eigenvalue weighted by molar-refractivity contribution is -0.255. The third kappa shape index (κ3) is 2.78. The zero-order valence-electron chi connectivity index (χ0n) is 8.61. The maximum Gasteiger partial charge on any atom is 0.0715 e. The quantitative estimate of drug-likeness (QED) is 0.838. The lowest BCUT2D eigenvalue weighted by Crippen LogP contribution is -2.22. The number of carbonyl (C=O) groups is 1. The third-order valence-corrected chi connectivity index (χ3v) is 2.73. The Labute approximate surface area is 108 Å². The molecule has 0 spiro atoms. The first-order valence-electron chi connectivity index (χ1n) is 4.84. The average molecular weight is 266 g/mol. The first-order chi connectivity index (χ1) is 8.06. The minimum absolute atomic E-state index is 0.124. The fraction of sp³-hybridized carbons (Fsp3) is 0. The Morgan fingerprint density at radius 2 is 1.59 bits per heavy atom. The first kappa shape index (κ1) is 12.0. The van der Waals surface area contributed by atoms with Crippen LogP contribution < -0.4 is 5.11 Å². The molecule has 2 aromatic rings. The highest BCUT2D eigenvalue weighted by Gasteiger charge is 2.03. The minimum atomic E-state index is -1.21. The average Bonchev–Trinajstić information content (AvgIpc) is 2.28. The van der Waals surface area contributed by atoms with Gasteiger partial charge in [-0.1, -0.05) is 41.4 Å². The van der Waals surface area contributed by atoms with Gasteiger partial charge in [-0.3, -0.25) is 0 Å². The van der Waals surface area contributed by atoms with Crippen molar-refractivity contribution in [2.75, 3.05) is 0 Å². The summed E-state index contributed by atoms with van der Waals surface area (Å²) in [7, 11) is 0. The maximum atomic E-state index is 10.8. The van der Waals surface area contributed by atoms with Crippen LogP contribution >= 0.6 is 23.2 Å². The molecular formula is C13H7Cl2O2-. The minimum Gasteiger partial charge on any atom is -0.545 e. The number of carbonyl (C=O) groups excluding carboxylic acids is 1. The van der Waals surface area contributed by atoms with Gasteiger partial charge in [0.2, 0.25) is 0 Å².